The van der Waals surface area contributed by atoms with Crippen LogP contribution in [0.1, 0.15) is 21.7 Å². The number of carbonyl (C=O) groups is 1. The van der Waals surface area contributed by atoms with E-state index in [1.807, 2.05) is 71.4 Å². The van der Waals surface area contributed by atoms with E-state index in [1.54, 1.807) is 19.4 Å². The molecule has 0 N–H and O–H groups in total. The maximum Gasteiger partial charge on any atom is 0.233 e. The molecule has 0 radical (unpaired) electrons. The van der Waals surface area contributed by atoms with Crippen LogP contribution in [-0.2, 0) is 6.54 Å². The number of halogens is 1. The minimum absolute atomic E-state index is 0.152. The van der Waals surface area contributed by atoms with Gasteiger partial charge in [-0.1, -0.05) is 35.0 Å². The second-order valence-electron chi connectivity index (χ2n) is 7.30. The smallest absolute Gasteiger partial charge is 0.233 e. The first-order valence-corrected chi connectivity index (χ1v) is 10.3. The van der Waals surface area contributed by atoms with Gasteiger partial charge in [0.2, 0.25) is 11.5 Å². The van der Waals surface area contributed by atoms with E-state index in [2.05, 4.69) is 10.1 Å². The monoisotopic (exact) mass is 443 g/mol. The lowest BCUT2D eigenvalue weighted by atomic mass is 10.1. The topological polar surface area (TPSA) is 70.2 Å². The Balaban J connectivity index is 1.56. The van der Waals surface area contributed by atoms with E-state index < -0.39 is 0 Å². The zero-order valence-corrected chi connectivity index (χ0v) is 17.9. The number of benzene rings is 2. The molecule has 0 aliphatic heterocycles. The third-order valence-corrected chi connectivity index (χ3v) is 5.51. The Morgan fingerprint density at radius 1 is 1.06 bits per heavy atom. The number of rotatable bonds is 6. The second-order valence-corrected chi connectivity index (χ2v) is 7.74. The lowest BCUT2D eigenvalue weighted by Crippen LogP contribution is -2.00. The van der Waals surface area contributed by atoms with E-state index >= 15 is 0 Å². The van der Waals surface area contributed by atoms with Crippen molar-refractivity contribution in [2.75, 3.05) is 7.11 Å². The predicted molar refractivity (Wildman–Crippen MR) is 122 cm³/mol. The highest BCUT2D eigenvalue weighted by Gasteiger charge is 2.22. The molecule has 158 valence electrons. The lowest BCUT2D eigenvalue weighted by Gasteiger charge is -2.06. The summed E-state index contributed by atoms with van der Waals surface area (Å²) in [6, 6.07) is 20.4. The van der Waals surface area contributed by atoms with Crippen molar-refractivity contribution in [1.82, 2.24) is 14.7 Å². The number of methoxy groups -OCH3 is 1. The van der Waals surface area contributed by atoms with Gasteiger partial charge in [-0.2, -0.15) is 0 Å². The molecule has 0 unspecified atom stereocenters. The van der Waals surface area contributed by atoms with Gasteiger partial charge < -0.3 is 13.8 Å². The highest BCUT2D eigenvalue weighted by Crippen LogP contribution is 2.29. The molecule has 2 aromatic carbocycles. The number of carbonyl (C=O) groups excluding carboxylic acids is 1. The Morgan fingerprint density at radius 3 is 2.66 bits per heavy atom. The zero-order chi connectivity index (χ0) is 22.1. The number of pyridine rings is 1. The van der Waals surface area contributed by atoms with Gasteiger partial charge in [-0.05, 0) is 48.0 Å². The van der Waals surface area contributed by atoms with Gasteiger partial charge in [-0.3, -0.25) is 9.78 Å². The van der Waals surface area contributed by atoms with E-state index in [-0.39, 0.29) is 11.5 Å². The van der Waals surface area contributed by atoms with Crippen LogP contribution >= 0.6 is 11.6 Å². The molecule has 0 spiro atoms. The molecule has 7 heteroatoms. The van der Waals surface area contributed by atoms with Crippen molar-refractivity contribution >= 4 is 28.3 Å². The third kappa shape index (κ3) is 3.76. The molecule has 0 saturated carbocycles. The molecular formula is C25H18ClN3O3. The Hall–Kier alpha value is -3.90. The van der Waals surface area contributed by atoms with Gasteiger partial charge >= 0.3 is 0 Å². The zero-order valence-electron chi connectivity index (χ0n) is 17.2. The molecule has 0 aliphatic carbocycles. The van der Waals surface area contributed by atoms with Crippen LogP contribution < -0.4 is 4.74 Å². The number of fused-ring (bicyclic) bond motifs is 1. The first-order valence-electron chi connectivity index (χ1n) is 9.96. The van der Waals surface area contributed by atoms with Gasteiger partial charge in [0.05, 0.1) is 18.4 Å². The molecule has 5 aromatic rings. The van der Waals surface area contributed by atoms with Crippen LogP contribution in [0.25, 0.3) is 22.3 Å². The molecule has 0 fully saturated rings. The van der Waals surface area contributed by atoms with Gasteiger partial charge in [-0.15, -0.1) is 0 Å². The Morgan fingerprint density at radius 2 is 1.91 bits per heavy atom. The summed E-state index contributed by atoms with van der Waals surface area (Å²) in [5.74, 6) is 0.564. The van der Waals surface area contributed by atoms with Gasteiger partial charge in [0, 0.05) is 40.9 Å². The second kappa shape index (κ2) is 8.32. The van der Waals surface area contributed by atoms with Crippen molar-refractivity contribution in [2.24, 2.45) is 0 Å². The largest absolute Gasteiger partial charge is 0.497 e. The average molecular weight is 444 g/mol. The highest BCUT2D eigenvalue weighted by molar-refractivity contribution is 6.30. The number of ether oxygens (including phenoxy) is 1. The molecule has 3 aromatic heterocycles. The normalized spacial score (nSPS) is 11.1. The number of nitrogens with zero attached hydrogens (tertiary/aromatic N) is 3. The number of hydrogen-bond donors (Lipinski definition) is 0. The fraction of sp³-hybridized carbons (Fsp3) is 0.0800. The molecule has 3 heterocycles. The van der Waals surface area contributed by atoms with Crippen LogP contribution in [0.2, 0.25) is 5.02 Å². The first kappa shape index (κ1) is 20.0. The van der Waals surface area contributed by atoms with Gasteiger partial charge in [0.1, 0.15) is 11.4 Å². The average Bonchev–Trinajstić information content (AvgIpc) is 3.46. The third-order valence-electron chi connectivity index (χ3n) is 5.26. The summed E-state index contributed by atoms with van der Waals surface area (Å²) in [4.78, 5) is 17.6. The minimum atomic E-state index is -0.257. The van der Waals surface area contributed by atoms with Crippen LogP contribution in [0.3, 0.4) is 0 Å². The molecule has 6 nitrogen and oxygen atoms in total. The van der Waals surface area contributed by atoms with Crippen LogP contribution in [0.4, 0.5) is 0 Å². The van der Waals surface area contributed by atoms with Crippen molar-refractivity contribution in [1.29, 1.82) is 0 Å². The molecule has 0 saturated heterocycles. The SMILES string of the molecule is COc1ccc2c(c1)c(C(=O)c1cc(-c3ccccn3)no1)cn2Cc1ccc(Cl)cc1. The fourth-order valence-electron chi connectivity index (χ4n) is 3.65. The van der Waals surface area contributed by atoms with Crippen molar-refractivity contribution in [2.45, 2.75) is 6.54 Å². The lowest BCUT2D eigenvalue weighted by molar-refractivity contribution is 0.100. The molecule has 0 atom stereocenters. The van der Waals surface area contributed by atoms with Crippen LogP contribution in [0, 0.1) is 0 Å². The van der Waals surface area contributed by atoms with Crippen LogP contribution in [-0.4, -0.2) is 27.6 Å². The van der Waals surface area contributed by atoms with Crippen molar-refractivity contribution in [3.05, 3.63) is 101 Å². The van der Waals surface area contributed by atoms with Crippen molar-refractivity contribution in [3.63, 3.8) is 0 Å². The van der Waals surface area contributed by atoms with Crippen molar-refractivity contribution < 1.29 is 14.1 Å². The summed E-state index contributed by atoms with van der Waals surface area (Å²) in [6.45, 7) is 0.586. The molecular weight excluding hydrogens is 426 g/mol. The van der Waals surface area contributed by atoms with E-state index in [0.29, 0.717) is 34.3 Å². The van der Waals surface area contributed by atoms with Crippen molar-refractivity contribution in [3.8, 4) is 17.1 Å². The summed E-state index contributed by atoms with van der Waals surface area (Å²) >= 11 is 6.02. The Bertz CT molecular complexity index is 1410. The summed E-state index contributed by atoms with van der Waals surface area (Å²) in [5, 5.41) is 5.49. The fourth-order valence-corrected chi connectivity index (χ4v) is 3.78. The summed E-state index contributed by atoms with van der Waals surface area (Å²) in [7, 11) is 1.60. The summed E-state index contributed by atoms with van der Waals surface area (Å²) in [5.41, 5.74) is 3.64. The molecule has 32 heavy (non-hydrogen) atoms. The summed E-state index contributed by atoms with van der Waals surface area (Å²) < 4.78 is 12.8. The molecule has 0 amide bonds. The molecule has 0 aliphatic rings. The minimum Gasteiger partial charge on any atom is -0.497 e. The standard InChI is InChI=1S/C25H18ClN3O3/c1-31-18-9-10-23-19(12-18)20(15-29(23)14-16-5-7-17(26)8-6-16)25(30)24-13-22(28-32-24)21-4-2-3-11-27-21/h2-13,15H,14H2,1H3. The number of ketones is 1. The van der Waals surface area contributed by atoms with Gasteiger partial charge in [0.25, 0.3) is 0 Å². The van der Waals surface area contributed by atoms with E-state index in [1.165, 1.54) is 0 Å². The summed E-state index contributed by atoms with van der Waals surface area (Å²) in [6.07, 6.45) is 3.51. The Kier molecular flexibility index (Phi) is 5.21. The quantitative estimate of drug-likeness (QED) is 0.318. The number of aromatic nitrogens is 3. The molecule has 5 rings (SSSR count). The Labute approximate surface area is 189 Å². The van der Waals surface area contributed by atoms with Crippen LogP contribution in [0.15, 0.2) is 83.6 Å². The van der Waals surface area contributed by atoms with E-state index in [9.17, 15) is 4.79 Å². The number of hydrogen-bond acceptors (Lipinski definition) is 5. The maximum atomic E-state index is 13.4. The van der Waals surface area contributed by atoms with Crippen LogP contribution in [0.5, 0.6) is 5.75 Å². The van der Waals surface area contributed by atoms with Gasteiger partial charge in [0.15, 0.2) is 0 Å². The van der Waals surface area contributed by atoms with E-state index in [4.69, 9.17) is 20.9 Å². The van der Waals surface area contributed by atoms with E-state index in [0.717, 1.165) is 16.5 Å². The maximum absolute atomic E-state index is 13.4. The predicted octanol–water partition coefficient (Wildman–Crippen LogP) is 5.63. The molecule has 0 bridgehead atoms. The van der Waals surface area contributed by atoms with Gasteiger partial charge in [-0.25, -0.2) is 0 Å². The first-order chi connectivity index (χ1) is 15.6. The highest BCUT2D eigenvalue weighted by atomic mass is 35.5.